The Hall–Kier alpha value is -6.64. The maximum absolute atomic E-state index is 3.74. The van der Waals surface area contributed by atoms with E-state index in [1.165, 1.54) is 77.4 Å². The van der Waals surface area contributed by atoms with Gasteiger partial charge in [0.2, 0.25) is 0 Å². The number of anilines is 3. The minimum atomic E-state index is 1.11. The number of nitrogens with zero attached hydrogens (tertiary/aromatic N) is 1. The topological polar surface area (TPSA) is 19.0 Å². The number of fused-ring (bicyclic) bond motifs is 5. The molecule has 1 aliphatic carbocycles. The van der Waals surface area contributed by atoms with Crippen molar-refractivity contribution in [2.24, 2.45) is 0 Å². The summed E-state index contributed by atoms with van der Waals surface area (Å²) < 4.78 is 0. The molecule has 50 heavy (non-hydrogen) atoms. The van der Waals surface area contributed by atoms with Gasteiger partial charge in [-0.25, -0.2) is 0 Å². The fraction of sp³-hybridized carbons (Fsp3) is 0. The Morgan fingerprint density at radius 3 is 1.36 bits per heavy atom. The largest absolute Gasteiger partial charge is 0.354 e. The van der Waals surface area contributed by atoms with E-state index in [0.717, 1.165) is 17.1 Å². The number of hydrogen-bond acceptors (Lipinski definition) is 1. The molecule has 9 aromatic rings. The Kier molecular flexibility index (Phi) is 6.53. The van der Waals surface area contributed by atoms with E-state index < -0.39 is 0 Å². The highest BCUT2D eigenvalue weighted by Gasteiger charge is 2.25. The van der Waals surface area contributed by atoms with Gasteiger partial charge in [-0.3, -0.25) is 0 Å². The van der Waals surface area contributed by atoms with Gasteiger partial charge in [0.15, 0.2) is 0 Å². The van der Waals surface area contributed by atoms with Crippen LogP contribution in [0, 0.1) is 0 Å². The molecule has 8 aromatic carbocycles. The number of hydrogen-bond donors (Lipinski definition) is 1. The lowest BCUT2D eigenvalue weighted by molar-refractivity contribution is 1.28. The smallest absolute Gasteiger partial charge is 0.0551 e. The number of benzene rings is 8. The van der Waals surface area contributed by atoms with E-state index in [1.807, 2.05) is 0 Å². The van der Waals surface area contributed by atoms with Crippen molar-refractivity contribution >= 4 is 38.7 Å². The number of aromatic amines is 1. The van der Waals surface area contributed by atoms with Gasteiger partial charge in [-0.05, 0) is 98.2 Å². The molecule has 0 amide bonds. The monoisotopic (exact) mass is 636 g/mol. The van der Waals surface area contributed by atoms with E-state index in [0.29, 0.717) is 0 Å². The molecule has 0 saturated carbocycles. The lowest BCUT2D eigenvalue weighted by Crippen LogP contribution is -2.09. The minimum Gasteiger partial charge on any atom is -0.354 e. The first-order valence-corrected chi connectivity index (χ1v) is 17.2. The van der Waals surface area contributed by atoms with Gasteiger partial charge in [0.05, 0.1) is 5.69 Å². The van der Waals surface area contributed by atoms with Gasteiger partial charge in [-0.1, -0.05) is 140 Å². The fourth-order valence-corrected chi connectivity index (χ4v) is 7.73. The summed E-state index contributed by atoms with van der Waals surface area (Å²) in [7, 11) is 0. The van der Waals surface area contributed by atoms with E-state index in [9.17, 15) is 0 Å². The highest BCUT2D eigenvalue weighted by Crippen LogP contribution is 2.50. The first kappa shape index (κ1) is 28.4. The van der Waals surface area contributed by atoms with Crippen molar-refractivity contribution in [3.05, 3.63) is 188 Å². The zero-order valence-corrected chi connectivity index (χ0v) is 27.3. The zero-order valence-electron chi connectivity index (χ0n) is 27.3. The van der Waals surface area contributed by atoms with Crippen molar-refractivity contribution in [2.75, 3.05) is 4.90 Å². The van der Waals surface area contributed by atoms with Crippen LogP contribution in [-0.4, -0.2) is 4.98 Å². The number of rotatable bonds is 6. The van der Waals surface area contributed by atoms with Crippen LogP contribution >= 0.6 is 0 Å². The standard InChI is InChI=1S/C48H32N2/c1-3-9-32(10-4-1)34-17-24-39(25-18-34)50(40-26-19-35(20-27-40)33-11-5-2-6-12-33)41-28-21-36(22-29-41)38-23-30-45-44(31-38)47-42-15-7-13-37-14-8-16-43(46(37)42)48(47)49-45/h1-31,49H. The second-order valence-electron chi connectivity index (χ2n) is 13.1. The third-order valence-corrected chi connectivity index (χ3v) is 10.2. The predicted molar refractivity (Wildman–Crippen MR) is 211 cm³/mol. The average molecular weight is 637 g/mol. The summed E-state index contributed by atoms with van der Waals surface area (Å²) in [6.45, 7) is 0. The van der Waals surface area contributed by atoms with Crippen LogP contribution in [-0.2, 0) is 0 Å². The third-order valence-electron chi connectivity index (χ3n) is 10.2. The van der Waals surface area contributed by atoms with Crippen LogP contribution in [0.5, 0.6) is 0 Å². The molecular formula is C48H32N2. The minimum absolute atomic E-state index is 1.11. The lowest BCUT2D eigenvalue weighted by atomic mass is 9.98. The first-order chi connectivity index (χ1) is 24.8. The third kappa shape index (κ3) is 4.65. The van der Waals surface area contributed by atoms with Crippen LogP contribution in [0.15, 0.2) is 188 Å². The van der Waals surface area contributed by atoms with Crippen LogP contribution in [0.4, 0.5) is 17.1 Å². The quantitative estimate of drug-likeness (QED) is 0.192. The molecule has 1 aliphatic rings. The summed E-state index contributed by atoms with van der Waals surface area (Å²) in [5.41, 5.74) is 16.9. The van der Waals surface area contributed by atoms with Crippen molar-refractivity contribution in [3.8, 4) is 55.8 Å². The molecule has 1 N–H and O–H groups in total. The molecule has 0 bridgehead atoms. The Labute approximate surface area is 291 Å². The molecule has 1 heterocycles. The molecule has 0 atom stereocenters. The SMILES string of the molecule is c1ccc(-c2ccc(N(c3ccc(-c4ccccc4)cc3)c3ccc(-c4ccc5[nH]c6c(c5c4)-c4cccc5cccc-6c45)cc3)cc2)cc1. The second kappa shape index (κ2) is 11.5. The van der Waals surface area contributed by atoms with Gasteiger partial charge in [-0.15, -0.1) is 0 Å². The zero-order chi connectivity index (χ0) is 33.0. The van der Waals surface area contributed by atoms with E-state index in [-0.39, 0.29) is 0 Å². The van der Waals surface area contributed by atoms with Gasteiger partial charge < -0.3 is 9.88 Å². The van der Waals surface area contributed by atoms with Crippen molar-refractivity contribution in [1.29, 1.82) is 0 Å². The van der Waals surface area contributed by atoms with E-state index in [1.54, 1.807) is 0 Å². The number of aromatic nitrogens is 1. The molecule has 0 spiro atoms. The fourth-order valence-electron chi connectivity index (χ4n) is 7.73. The summed E-state index contributed by atoms with van der Waals surface area (Å²) in [6.07, 6.45) is 0. The van der Waals surface area contributed by atoms with Crippen molar-refractivity contribution in [2.45, 2.75) is 0 Å². The van der Waals surface area contributed by atoms with Crippen molar-refractivity contribution < 1.29 is 0 Å². The Morgan fingerprint density at radius 2 is 0.820 bits per heavy atom. The van der Waals surface area contributed by atoms with Crippen LogP contribution in [0.3, 0.4) is 0 Å². The summed E-state index contributed by atoms with van der Waals surface area (Å²) in [6, 6.07) is 67.9. The highest BCUT2D eigenvalue weighted by molar-refractivity contribution is 6.21. The van der Waals surface area contributed by atoms with Gasteiger partial charge in [0.25, 0.3) is 0 Å². The molecule has 1 aromatic heterocycles. The summed E-state index contributed by atoms with van der Waals surface area (Å²) >= 11 is 0. The number of nitrogens with one attached hydrogen (secondary N) is 1. The lowest BCUT2D eigenvalue weighted by Gasteiger charge is -2.26. The van der Waals surface area contributed by atoms with Crippen LogP contribution in [0.2, 0.25) is 0 Å². The number of H-pyrrole nitrogens is 1. The molecule has 0 unspecified atom stereocenters. The van der Waals surface area contributed by atoms with Gasteiger partial charge >= 0.3 is 0 Å². The first-order valence-electron chi connectivity index (χ1n) is 17.2. The molecule has 0 radical (unpaired) electrons. The Morgan fingerprint density at radius 1 is 0.360 bits per heavy atom. The summed E-state index contributed by atoms with van der Waals surface area (Å²) in [5.74, 6) is 0. The molecule has 0 saturated heterocycles. The van der Waals surface area contributed by atoms with Crippen LogP contribution < -0.4 is 4.90 Å². The summed E-state index contributed by atoms with van der Waals surface area (Å²) in [4.78, 5) is 6.08. The van der Waals surface area contributed by atoms with E-state index in [2.05, 4.69) is 198 Å². The normalized spacial score (nSPS) is 11.6. The summed E-state index contributed by atoms with van der Waals surface area (Å²) in [5, 5.41) is 3.91. The predicted octanol–water partition coefficient (Wildman–Crippen LogP) is 13.4. The van der Waals surface area contributed by atoms with Crippen molar-refractivity contribution in [1.82, 2.24) is 4.98 Å². The van der Waals surface area contributed by atoms with E-state index in [4.69, 9.17) is 0 Å². The van der Waals surface area contributed by atoms with Gasteiger partial charge in [-0.2, -0.15) is 0 Å². The molecule has 234 valence electrons. The maximum Gasteiger partial charge on any atom is 0.0551 e. The Bertz CT molecular complexity index is 2560. The molecule has 0 aliphatic heterocycles. The average Bonchev–Trinajstić information content (AvgIpc) is 3.72. The molecule has 0 fully saturated rings. The van der Waals surface area contributed by atoms with Crippen molar-refractivity contribution in [3.63, 3.8) is 0 Å². The molecule has 10 rings (SSSR count). The van der Waals surface area contributed by atoms with Crippen LogP contribution in [0.1, 0.15) is 0 Å². The second-order valence-corrected chi connectivity index (χ2v) is 13.1. The molecule has 2 heteroatoms. The van der Waals surface area contributed by atoms with Gasteiger partial charge in [0.1, 0.15) is 0 Å². The van der Waals surface area contributed by atoms with Gasteiger partial charge in [0, 0.05) is 39.1 Å². The van der Waals surface area contributed by atoms with Crippen LogP contribution in [0.25, 0.3) is 77.4 Å². The Balaban J connectivity index is 1.03. The van der Waals surface area contributed by atoms with E-state index >= 15 is 0 Å². The molecule has 2 nitrogen and oxygen atoms in total. The highest BCUT2D eigenvalue weighted by atomic mass is 15.1. The maximum atomic E-state index is 3.74. The molecular weight excluding hydrogens is 605 g/mol.